The van der Waals surface area contributed by atoms with E-state index in [-0.39, 0.29) is 114 Å². The first-order chi connectivity index (χ1) is 32.9. The van der Waals surface area contributed by atoms with Crippen molar-refractivity contribution in [2.75, 3.05) is 157 Å². The van der Waals surface area contributed by atoms with E-state index in [1.54, 1.807) is 41.5 Å². The van der Waals surface area contributed by atoms with Gasteiger partial charge in [-0.25, -0.2) is 9.59 Å². The van der Waals surface area contributed by atoms with Gasteiger partial charge in [-0.1, -0.05) is 15.9 Å². The summed E-state index contributed by atoms with van der Waals surface area (Å²) in [5, 5.41) is 63.0. The van der Waals surface area contributed by atoms with Gasteiger partial charge in [0.05, 0.1) is 143 Å². The summed E-state index contributed by atoms with van der Waals surface area (Å²) in [5.41, 5.74) is -1.20. The monoisotopic (exact) mass is 1060 g/mol. The number of benzene rings is 2. The number of hydrogen-bond donors (Lipinski definition) is 7. The fourth-order valence-corrected chi connectivity index (χ4v) is 4.90. The van der Waals surface area contributed by atoms with Crippen molar-refractivity contribution in [3.63, 3.8) is 0 Å². The van der Waals surface area contributed by atoms with E-state index in [2.05, 4.69) is 15.9 Å². The van der Waals surface area contributed by atoms with Crippen LogP contribution in [-0.2, 0) is 47.4 Å². The third-order valence-corrected chi connectivity index (χ3v) is 7.78. The predicted molar refractivity (Wildman–Crippen MR) is 253 cm³/mol. The van der Waals surface area contributed by atoms with Gasteiger partial charge >= 0.3 is 11.9 Å². The smallest absolute Gasteiger partial charge is 0.338 e. The fraction of sp³-hybridized carbons (Fsp3) is 0.696. The van der Waals surface area contributed by atoms with Gasteiger partial charge in [0.1, 0.15) is 31.0 Å². The van der Waals surface area contributed by atoms with Crippen molar-refractivity contribution < 1.29 is 107 Å². The summed E-state index contributed by atoms with van der Waals surface area (Å²) in [6.07, 6.45) is 0. The highest BCUT2D eigenvalue weighted by molar-refractivity contribution is 9.09. The molecule has 0 radical (unpaired) electrons. The minimum Gasteiger partial charge on any atom is -0.504 e. The maximum Gasteiger partial charge on any atom is 0.338 e. The Morgan fingerprint density at radius 3 is 1.00 bits per heavy atom. The van der Waals surface area contributed by atoms with Crippen LogP contribution in [0.2, 0.25) is 0 Å². The number of carbonyl (C=O) groups excluding carboxylic acids is 2. The summed E-state index contributed by atoms with van der Waals surface area (Å²) in [4.78, 5) is 24.5. The second-order valence-corrected chi connectivity index (χ2v) is 16.5. The van der Waals surface area contributed by atoms with Crippen LogP contribution in [0, 0.1) is 0 Å². The molecule has 2 aromatic rings. The average Bonchev–Trinajstić information content (AvgIpc) is 3.29. The first-order valence-electron chi connectivity index (χ1n) is 22.3. The van der Waals surface area contributed by atoms with Gasteiger partial charge < -0.3 is 97.3 Å². The van der Waals surface area contributed by atoms with Gasteiger partial charge in [-0.3, -0.25) is 0 Å². The van der Waals surface area contributed by atoms with Crippen LogP contribution in [0.3, 0.4) is 0 Å². The maximum atomic E-state index is 13.0. The van der Waals surface area contributed by atoms with Crippen molar-refractivity contribution in [3.05, 3.63) is 35.4 Å². The van der Waals surface area contributed by atoms with Crippen molar-refractivity contribution in [3.8, 4) is 34.5 Å². The van der Waals surface area contributed by atoms with E-state index in [1.807, 2.05) is 0 Å². The normalized spacial score (nSPS) is 11.2. The van der Waals surface area contributed by atoms with Gasteiger partial charge in [-0.05, 0) is 65.8 Å². The van der Waals surface area contributed by atoms with Gasteiger partial charge in [-0.2, -0.15) is 0 Å². The summed E-state index contributed by atoms with van der Waals surface area (Å²) in [7, 11) is 0. The molecule has 0 amide bonds. The largest absolute Gasteiger partial charge is 0.504 e. The molecule has 0 bridgehead atoms. The van der Waals surface area contributed by atoms with Crippen LogP contribution in [0.4, 0.5) is 0 Å². The molecule has 0 aliphatic heterocycles. The highest BCUT2D eigenvalue weighted by atomic mass is 79.9. The number of ether oxygens (including phenoxy) is 13. The molecule has 0 spiro atoms. The Balaban J connectivity index is 0.00000143. The topological polar surface area (TPSA) is 296 Å². The lowest BCUT2D eigenvalue weighted by Gasteiger charge is -2.22. The Kier molecular flexibility index (Phi) is 38.6. The molecular weight excluding hydrogens is 984 g/mol. The summed E-state index contributed by atoms with van der Waals surface area (Å²) < 4.78 is 70.6. The zero-order valence-electron chi connectivity index (χ0n) is 40.9. The van der Waals surface area contributed by atoms with Gasteiger partial charge in [0.25, 0.3) is 0 Å². The van der Waals surface area contributed by atoms with E-state index in [4.69, 9.17) is 87.1 Å². The third-order valence-electron chi connectivity index (χ3n) is 7.46. The van der Waals surface area contributed by atoms with Gasteiger partial charge in [0.15, 0.2) is 28.7 Å². The number of rotatable bonds is 36. The minimum absolute atomic E-state index is 0.0253. The van der Waals surface area contributed by atoms with E-state index in [9.17, 15) is 19.8 Å². The molecule has 2 rings (SSSR count). The Hall–Kier alpha value is -3.82. The quantitative estimate of drug-likeness (QED) is 0.0223. The lowest BCUT2D eigenvalue weighted by atomic mass is 10.1. The number of aromatic hydroxyl groups is 3. The molecule has 2 aromatic carbocycles. The molecule has 0 fully saturated rings. The van der Waals surface area contributed by atoms with Crippen LogP contribution in [-0.4, -0.2) is 216 Å². The van der Waals surface area contributed by atoms with Crippen molar-refractivity contribution >= 4 is 27.9 Å². The molecule has 7 N–H and O–H groups in total. The van der Waals surface area contributed by atoms with E-state index in [0.717, 1.165) is 17.5 Å². The third kappa shape index (κ3) is 35.9. The number of hydrogen-bond acceptors (Lipinski definition) is 22. The van der Waals surface area contributed by atoms with Gasteiger partial charge in [-0.15, -0.1) is 0 Å². The predicted octanol–water partition coefficient (Wildman–Crippen LogP) is 3.02. The Morgan fingerprint density at radius 2 is 0.696 bits per heavy atom. The van der Waals surface area contributed by atoms with Crippen molar-refractivity contribution in [2.24, 2.45) is 0 Å². The van der Waals surface area contributed by atoms with Crippen LogP contribution in [0.15, 0.2) is 24.3 Å². The molecule has 0 saturated heterocycles. The van der Waals surface area contributed by atoms with Crippen LogP contribution in [0.1, 0.15) is 62.3 Å². The molecule has 23 heteroatoms. The van der Waals surface area contributed by atoms with Crippen LogP contribution >= 0.6 is 15.9 Å². The zero-order valence-corrected chi connectivity index (χ0v) is 42.5. The van der Waals surface area contributed by atoms with Crippen LogP contribution < -0.4 is 14.2 Å². The highest BCUT2D eigenvalue weighted by Gasteiger charge is 2.24. The number of carbonyl (C=O) groups is 2. The van der Waals surface area contributed by atoms with Crippen molar-refractivity contribution in [2.45, 2.75) is 52.7 Å². The summed E-state index contributed by atoms with van der Waals surface area (Å²) in [6, 6.07) is 5.12. The zero-order chi connectivity index (χ0) is 51.8. The molecule has 0 aliphatic carbocycles. The molecule has 0 atom stereocenters. The first-order valence-corrected chi connectivity index (χ1v) is 23.5. The first kappa shape index (κ1) is 65.2. The van der Waals surface area contributed by atoms with Crippen LogP contribution in [0.25, 0.3) is 0 Å². The van der Waals surface area contributed by atoms with Crippen molar-refractivity contribution in [1.29, 1.82) is 0 Å². The van der Waals surface area contributed by atoms with Crippen molar-refractivity contribution in [1.82, 2.24) is 0 Å². The lowest BCUT2D eigenvalue weighted by Crippen LogP contribution is -2.24. The van der Waals surface area contributed by atoms with E-state index in [1.165, 1.54) is 12.1 Å². The Labute approximate surface area is 413 Å². The Morgan fingerprint density at radius 1 is 0.420 bits per heavy atom. The molecule has 0 heterocycles. The number of esters is 2. The number of aliphatic hydroxyl groups excluding tert-OH is 4. The summed E-state index contributed by atoms with van der Waals surface area (Å²) in [6.45, 7) is 16.4. The summed E-state index contributed by atoms with van der Waals surface area (Å²) >= 11 is 3.23. The number of aliphatic hydroxyl groups is 4. The Bertz CT molecular complexity index is 1530. The SMILES string of the molecule is CC(C)(C)OC(=O)c1cc(O)c(O)c(O)c1.CC(C)(C)OC(=O)c1cc(OCCOCCOCCO)c(OCCOCCOCCO)c(OCCOCCOCCO)c1.OCCOCCOCCBr. The second-order valence-electron chi connectivity index (χ2n) is 15.7. The van der Waals surface area contributed by atoms with Crippen LogP contribution in [0.5, 0.6) is 34.5 Å². The molecule has 400 valence electrons. The average molecular weight is 1060 g/mol. The van der Waals surface area contributed by atoms with E-state index in [0.29, 0.717) is 66.1 Å². The number of phenolic OH excluding ortho intramolecular Hbond substituents is 3. The number of halogens is 1. The molecule has 0 aromatic heterocycles. The second kappa shape index (κ2) is 40.9. The minimum atomic E-state index is -0.718. The number of phenols is 3. The number of alkyl halides is 1. The molecule has 0 saturated carbocycles. The highest BCUT2D eigenvalue weighted by Crippen LogP contribution is 2.40. The fourth-order valence-electron chi connectivity index (χ4n) is 4.67. The maximum absolute atomic E-state index is 13.0. The molecular formula is C46H77BrO22. The molecule has 69 heavy (non-hydrogen) atoms. The summed E-state index contributed by atoms with van der Waals surface area (Å²) in [5.74, 6) is -2.27. The van der Waals surface area contributed by atoms with Gasteiger partial charge in [0, 0.05) is 5.33 Å². The molecule has 0 aliphatic rings. The van der Waals surface area contributed by atoms with E-state index >= 15 is 0 Å². The molecule has 0 unspecified atom stereocenters. The van der Waals surface area contributed by atoms with E-state index < -0.39 is 40.4 Å². The lowest BCUT2D eigenvalue weighted by molar-refractivity contribution is 0.00557. The molecule has 22 nitrogen and oxygen atoms in total. The van der Waals surface area contributed by atoms with Gasteiger partial charge in [0.2, 0.25) is 5.75 Å². The standard InChI is InChI=1S/C29H50O14.C11H14O5.C6H13BrO3/c1-29(2,3)43-28(33)24-22-25(40-19-16-37-13-10-34-7-4-30)27(42-21-18-39-15-12-36-9-6-32)26(23-24)41-20-17-38-14-11-35-8-5-31;1-11(2,3)16-10(15)6-4-7(12)9(14)8(13)5-6;7-1-3-9-5-6-10-4-2-8/h22-23,30-32H,4-21H2,1-3H3;4-5,12-14H,1-3H3;8H,1-6H2.